The van der Waals surface area contributed by atoms with Gasteiger partial charge in [0.15, 0.2) is 12.4 Å². The Hall–Kier alpha value is -2.78. The summed E-state index contributed by atoms with van der Waals surface area (Å²) in [5.41, 5.74) is 2.60. The van der Waals surface area contributed by atoms with Gasteiger partial charge < -0.3 is 9.72 Å². The SMILES string of the molecule is CC(=O)c1c(C)[nH]c(C(=O)COC(=O)CN(C)S(=O)(=O)c2ccc(C)cc2)c1C. The predicted molar refractivity (Wildman–Crippen MR) is 107 cm³/mol. The van der Waals surface area contributed by atoms with E-state index in [4.69, 9.17) is 4.74 Å². The van der Waals surface area contributed by atoms with Crippen LogP contribution in [0.4, 0.5) is 0 Å². The van der Waals surface area contributed by atoms with Crippen LogP contribution in [0.2, 0.25) is 0 Å². The second-order valence-corrected chi connectivity index (χ2v) is 8.88. The molecule has 0 aliphatic rings. The van der Waals surface area contributed by atoms with Gasteiger partial charge in [-0.3, -0.25) is 14.4 Å². The maximum Gasteiger partial charge on any atom is 0.321 e. The van der Waals surface area contributed by atoms with E-state index in [1.165, 1.54) is 26.1 Å². The second kappa shape index (κ2) is 8.71. The zero-order valence-electron chi connectivity index (χ0n) is 17.0. The standard InChI is InChI=1S/C20H24N2O6S/c1-12-6-8-16(9-7-12)29(26,27)22(5)10-18(25)28-11-17(24)20-13(2)19(15(4)23)14(3)21-20/h6-9,21H,10-11H2,1-5H3. The molecule has 1 aromatic carbocycles. The Labute approximate surface area is 169 Å². The average Bonchev–Trinajstić information content (AvgIpc) is 2.94. The van der Waals surface area contributed by atoms with Gasteiger partial charge in [-0.05, 0) is 45.4 Å². The third-order valence-corrected chi connectivity index (χ3v) is 6.33. The molecule has 0 radical (unpaired) electrons. The number of aromatic amines is 1. The van der Waals surface area contributed by atoms with Crippen LogP contribution >= 0.6 is 0 Å². The Morgan fingerprint density at radius 2 is 1.66 bits per heavy atom. The average molecular weight is 420 g/mol. The van der Waals surface area contributed by atoms with Crippen LogP contribution in [0.1, 0.15) is 44.6 Å². The Morgan fingerprint density at radius 3 is 2.17 bits per heavy atom. The first-order valence-corrected chi connectivity index (χ1v) is 10.3. The Morgan fingerprint density at radius 1 is 1.07 bits per heavy atom. The summed E-state index contributed by atoms with van der Waals surface area (Å²) in [5, 5.41) is 0. The number of ketones is 2. The van der Waals surface area contributed by atoms with Crippen LogP contribution in [0.3, 0.4) is 0 Å². The largest absolute Gasteiger partial charge is 0.456 e. The van der Waals surface area contributed by atoms with Crippen molar-refractivity contribution in [3.63, 3.8) is 0 Å². The number of nitrogens with zero attached hydrogens (tertiary/aromatic N) is 1. The summed E-state index contributed by atoms with van der Waals surface area (Å²) in [4.78, 5) is 38.9. The highest BCUT2D eigenvalue weighted by Gasteiger charge is 2.25. The van der Waals surface area contributed by atoms with Gasteiger partial charge in [-0.2, -0.15) is 4.31 Å². The zero-order chi connectivity index (χ0) is 21.9. The van der Waals surface area contributed by atoms with Crippen LogP contribution < -0.4 is 0 Å². The normalized spacial score (nSPS) is 11.5. The van der Waals surface area contributed by atoms with E-state index >= 15 is 0 Å². The molecule has 0 bridgehead atoms. The van der Waals surface area contributed by atoms with Gasteiger partial charge >= 0.3 is 5.97 Å². The van der Waals surface area contributed by atoms with Crippen molar-refractivity contribution in [2.75, 3.05) is 20.2 Å². The van der Waals surface area contributed by atoms with Crippen LogP contribution in [0.25, 0.3) is 0 Å². The van der Waals surface area contributed by atoms with E-state index in [1.807, 2.05) is 6.92 Å². The fourth-order valence-electron chi connectivity index (χ4n) is 2.98. The molecule has 0 fully saturated rings. The summed E-state index contributed by atoms with van der Waals surface area (Å²) in [6.45, 7) is 5.46. The molecule has 8 nitrogen and oxygen atoms in total. The summed E-state index contributed by atoms with van der Waals surface area (Å²) >= 11 is 0. The Balaban J connectivity index is 2.01. The van der Waals surface area contributed by atoms with Gasteiger partial charge in [-0.1, -0.05) is 17.7 Å². The number of benzene rings is 1. The number of ether oxygens (including phenoxy) is 1. The number of hydrogen-bond donors (Lipinski definition) is 1. The molecule has 0 saturated carbocycles. The van der Waals surface area contributed by atoms with Crippen LogP contribution in [0.5, 0.6) is 0 Å². The molecule has 0 unspecified atom stereocenters. The number of aromatic nitrogens is 1. The monoisotopic (exact) mass is 420 g/mol. The summed E-state index contributed by atoms with van der Waals surface area (Å²) in [7, 11) is -2.60. The number of carbonyl (C=O) groups is 3. The third kappa shape index (κ3) is 4.99. The van der Waals surface area contributed by atoms with Crippen molar-refractivity contribution in [1.82, 2.24) is 9.29 Å². The van der Waals surface area contributed by atoms with Gasteiger partial charge in [-0.25, -0.2) is 8.42 Å². The molecule has 0 saturated heterocycles. The van der Waals surface area contributed by atoms with E-state index in [0.29, 0.717) is 16.8 Å². The first-order valence-electron chi connectivity index (χ1n) is 8.87. The summed E-state index contributed by atoms with van der Waals surface area (Å²) in [6.07, 6.45) is 0. The fraction of sp³-hybridized carbons (Fsp3) is 0.350. The Kier molecular flexibility index (Phi) is 6.76. The predicted octanol–water partition coefficient (Wildman–Crippen LogP) is 2.19. The van der Waals surface area contributed by atoms with Gasteiger partial charge in [-0.15, -0.1) is 0 Å². The number of nitrogens with one attached hydrogen (secondary N) is 1. The van der Waals surface area contributed by atoms with Gasteiger partial charge in [0.05, 0.1) is 10.6 Å². The van der Waals surface area contributed by atoms with Crippen molar-refractivity contribution in [1.29, 1.82) is 0 Å². The van der Waals surface area contributed by atoms with Crippen molar-refractivity contribution in [3.05, 3.63) is 52.3 Å². The molecular weight excluding hydrogens is 396 g/mol. The number of esters is 1. The van der Waals surface area contributed by atoms with Gasteiger partial charge in [0.25, 0.3) is 0 Å². The topological polar surface area (TPSA) is 114 Å². The lowest BCUT2D eigenvalue weighted by Crippen LogP contribution is -2.33. The highest BCUT2D eigenvalue weighted by molar-refractivity contribution is 7.89. The van der Waals surface area contributed by atoms with Crippen LogP contribution in [-0.4, -0.2) is 55.4 Å². The van der Waals surface area contributed by atoms with Gasteiger partial charge in [0.2, 0.25) is 15.8 Å². The number of H-pyrrole nitrogens is 1. The number of aryl methyl sites for hydroxylation is 2. The number of sulfonamides is 1. The van der Waals surface area contributed by atoms with Gasteiger partial charge in [0.1, 0.15) is 6.54 Å². The van der Waals surface area contributed by atoms with E-state index < -0.39 is 34.9 Å². The molecule has 0 aliphatic carbocycles. The summed E-state index contributed by atoms with van der Waals surface area (Å²) in [5.74, 6) is -1.53. The van der Waals surface area contributed by atoms with E-state index in [0.717, 1.165) is 9.87 Å². The molecule has 0 atom stereocenters. The van der Waals surface area contributed by atoms with Crippen molar-refractivity contribution < 1.29 is 27.5 Å². The zero-order valence-corrected chi connectivity index (χ0v) is 17.8. The Bertz CT molecular complexity index is 1050. The van der Waals surface area contributed by atoms with Crippen LogP contribution in [0, 0.1) is 20.8 Å². The van der Waals surface area contributed by atoms with E-state index in [2.05, 4.69) is 4.98 Å². The number of Topliss-reactive ketones (excluding diaryl/α,β-unsaturated/α-hetero) is 2. The minimum atomic E-state index is -3.86. The van der Waals surface area contributed by atoms with E-state index in [-0.39, 0.29) is 16.4 Å². The van der Waals surface area contributed by atoms with Crippen molar-refractivity contribution in [3.8, 4) is 0 Å². The van der Waals surface area contributed by atoms with Crippen LogP contribution in [0.15, 0.2) is 29.2 Å². The molecule has 1 N–H and O–H groups in total. The quantitative estimate of drug-likeness (QED) is 0.517. The number of likely N-dealkylation sites (N-methyl/N-ethyl adjacent to an activating group) is 1. The summed E-state index contributed by atoms with van der Waals surface area (Å²) < 4.78 is 30.8. The van der Waals surface area contributed by atoms with Crippen molar-refractivity contribution in [2.24, 2.45) is 0 Å². The molecule has 29 heavy (non-hydrogen) atoms. The first-order chi connectivity index (χ1) is 13.4. The highest BCUT2D eigenvalue weighted by Crippen LogP contribution is 2.19. The fourth-order valence-corrected chi connectivity index (χ4v) is 4.09. The van der Waals surface area contributed by atoms with Gasteiger partial charge in [0, 0.05) is 18.3 Å². The number of carbonyl (C=O) groups excluding carboxylic acids is 3. The molecule has 0 spiro atoms. The third-order valence-electron chi connectivity index (χ3n) is 4.51. The molecule has 0 amide bonds. The molecule has 1 heterocycles. The van der Waals surface area contributed by atoms with Crippen molar-refractivity contribution in [2.45, 2.75) is 32.6 Å². The van der Waals surface area contributed by atoms with Crippen LogP contribution in [-0.2, 0) is 19.6 Å². The molecule has 156 valence electrons. The lowest BCUT2D eigenvalue weighted by Gasteiger charge is -2.16. The molecule has 2 rings (SSSR count). The minimum absolute atomic E-state index is 0.0590. The molecule has 9 heteroatoms. The van der Waals surface area contributed by atoms with E-state index in [9.17, 15) is 22.8 Å². The molecular formula is C20H24N2O6S. The highest BCUT2D eigenvalue weighted by atomic mass is 32.2. The van der Waals surface area contributed by atoms with Crippen molar-refractivity contribution >= 4 is 27.6 Å². The second-order valence-electron chi connectivity index (χ2n) is 6.84. The summed E-state index contributed by atoms with van der Waals surface area (Å²) in [6, 6.07) is 6.24. The molecule has 2 aromatic rings. The maximum atomic E-state index is 12.5. The lowest BCUT2D eigenvalue weighted by molar-refractivity contribution is -0.142. The molecule has 0 aliphatic heterocycles. The number of rotatable bonds is 8. The maximum absolute atomic E-state index is 12.5. The number of hydrogen-bond acceptors (Lipinski definition) is 6. The molecule has 1 aromatic heterocycles. The van der Waals surface area contributed by atoms with E-state index in [1.54, 1.807) is 26.0 Å². The smallest absolute Gasteiger partial charge is 0.321 e. The first kappa shape index (κ1) is 22.5. The lowest BCUT2D eigenvalue weighted by atomic mass is 10.1. The minimum Gasteiger partial charge on any atom is -0.456 e.